The van der Waals surface area contributed by atoms with E-state index in [1.165, 1.54) is 0 Å². The molecule has 0 aliphatic carbocycles. The lowest BCUT2D eigenvalue weighted by atomic mass is 10.5. The van der Waals surface area contributed by atoms with Crippen LogP contribution in [0, 0.1) is 19.3 Å². The zero-order chi connectivity index (χ0) is 5.70. The summed E-state index contributed by atoms with van der Waals surface area (Å²) in [6, 6.07) is 0. The van der Waals surface area contributed by atoms with Gasteiger partial charge in [0.05, 0.1) is 5.25 Å². The lowest BCUT2D eigenvalue weighted by Crippen LogP contribution is -1.88. The quantitative estimate of drug-likeness (QED) is 0.490. The second-order valence-corrected chi connectivity index (χ2v) is 2.63. The predicted molar refractivity (Wildman–Crippen MR) is 36.1 cm³/mol. The van der Waals surface area contributed by atoms with Crippen LogP contribution >= 0.6 is 11.8 Å². The normalized spacial score (nSPS) is 12.7. The van der Waals surface area contributed by atoms with Gasteiger partial charge in [-0.05, 0) is 19.6 Å². The summed E-state index contributed by atoms with van der Waals surface area (Å²) in [6.45, 7) is 5.64. The van der Waals surface area contributed by atoms with Crippen LogP contribution in [0.3, 0.4) is 0 Å². The molecule has 1 radical (unpaired) electrons. The fourth-order valence-corrected chi connectivity index (χ4v) is 0.675. The van der Waals surface area contributed by atoms with Crippen LogP contribution in [-0.4, -0.2) is 11.0 Å². The van der Waals surface area contributed by atoms with Gasteiger partial charge in [-0.15, -0.1) is 18.2 Å². The molecule has 0 aliphatic rings. The Labute approximate surface area is 49.7 Å². The summed E-state index contributed by atoms with van der Waals surface area (Å²) >= 11 is 1.68. The highest BCUT2D eigenvalue weighted by molar-refractivity contribution is 8.00. The molecule has 1 atom stereocenters. The van der Waals surface area contributed by atoms with Gasteiger partial charge in [-0.2, -0.15) is 0 Å². The van der Waals surface area contributed by atoms with Crippen LogP contribution < -0.4 is 0 Å². The van der Waals surface area contributed by atoms with Gasteiger partial charge in [0.15, 0.2) is 0 Å². The van der Waals surface area contributed by atoms with Gasteiger partial charge in [0.25, 0.3) is 0 Å². The van der Waals surface area contributed by atoms with Crippen molar-refractivity contribution in [3.05, 3.63) is 6.92 Å². The maximum atomic E-state index is 5.06. The molecule has 0 spiro atoms. The molecular formula is C6H9S. The molecule has 7 heavy (non-hydrogen) atoms. The van der Waals surface area contributed by atoms with Gasteiger partial charge < -0.3 is 0 Å². The zero-order valence-corrected chi connectivity index (χ0v) is 5.29. The average Bonchev–Trinajstić information content (AvgIpc) is 1.68. The third-order valence-electron chi connectivity index (χ3n) is 0.603. The topological polar surface area (TPSA) is 0 Å². The summed E-state index contributed by atoms with van der Waals surface area (Å²) < 4.78 is 0. The minimum Gasteiger partial charge on any atom is -0.146 e. The van der Waals surface area contributed by atoms with Gasteiger partial charge in [-0.1, -0.05) is 5.92 Å². The number of hydrogen-bond acceptors (Lipinski definition) is 1. The third-order valence-corrected chi connectivity index (χ3v) is 1.47. The Morgan fingerprint density at radius 2 is 2.57 bits per heavy atom. The van der Waals surface area contributed by atoms with Crippen molar-refractivity contribution in [2.45, 2.75) is 12.2 Å². The Kier molecular flexibility index (Phi) is 4.03. The second-order valence-electron chi connectivity index (χ2n) is 1.18. The largest absolute Gasteiger partial charge is 0.146 e. The molecule has 0 aromatic rings. The highest BCUT2D eigenvalue weighted by Crippen LogP contribution is 2.05. The van der Waals surface area contributed by atoms with Crippen molar-refractivity contribution in [3.63, 3.8) is 0 Å². The maximum absolute atomic E-state index is 5.06. The summed E-state index contributed by atoms with van der Waals surface area (Å²) in [5.41, 5.74) is 0. The van der Waals surface area contributed by atoms with Gasteiger partial charge >= 0.3 is 0 Å². The first kappa shape index (κ1) is 6.91. The molecule has 0 aromatic heterocycles. The molecule has 0 amide bonds. The SMILES string of the molecule is C#CC(C)SC[CH2]. The molecule has 0 N–H and O–H groups in total. The van der Waals surface area contributed by atoms with E-state index in [9.17, 15) is 0 Å². The molecule has 0 heterocycles. The van der Waals surface area contributed by atoms with E-state index in [0.29, 0.717) is 5.25 Å². The molecule has 0 saturated carbocycles. The number of thioether (sulfide) groups is 1. The Morgan fingerprint density at radius 1 is 2.00 bits per heavy atom. The molecule has 0 aliphatic heterocycles. The van der Waals surface area contributed by atoms with Gasteiger partial charge in [0, 0.05) is 0 Å². The minimum atomic E-state index is 0.331. The molecule has 0 aromatic carbocycles. The Morgan fingerprint density at radius 3 is 2.71 bits per heavy atom. The predicted octanol–water partition coefficient (Wildman–Crippen LogP) is 1.58. The van der Waals surface area contributed by atoms with Crippen molar-refractivity contribution in [2.75, 3.05) is 5.75 Å². The van der Waals surface area contributed by atoms with E-state index in [4.69, 9.17) is 6.42 Å². The second kappa shape index (κ2) is 4.08. The highest BCUT2D eigenvalue weighted by atomic mass is 32.2. The average molecular weight is 113 g/mol. The van der Waals surface area contributed by atoms with E-state index in [-0.39, 0.29) is 0 Å². The number of terminal acetylenes is 1. The summed E-state index contributed by atoms with van der Waals surface area (Å²) in [5, 5.41) is 0.331. The van der Waals surface area contributed by atoms with Crippen LogP contribution in [0.2, 0.25) is 0 Å². The van der Waals surface area contributed by atoms with Gasteiger partial charge in [0.1, 0.15) is 0 Å². The smallest absolute Gasteiger partial charge is 0.0626 e. The molecule has 0 bridgehead atoms. The highest BCUT2D eigenvalue weighted by Gasteiger charge is 1.89. The Hall–Kier alpha value is -0.0900. The van der Waals surface area contributed by atoms with Crippen molar-refractivity contribution in [1.29, 1.82) is 0 Å². The van der Waals surface area contributed by atoms with E-state index in [0.717, 1.165) is 5.75 Å². The molecule has 0 rings (SSSR count). The van der Waals surface area contributed by atoms with Gasteiger partial charge in [-0.3, -0.25) is 0 Å². The Bertz CT molecular complexity index is 70.7. The lowest BCUT2D eigenvalue weighted by molar-refractivity contribution is 1.30. The van der Waals surface area contributed by atoms with Crippen molar-refractivity contribution >= 4 is 11.8 Å². The van der Waals surface area contributed by atoms with Crippen LogP contribution in [0.5, 0.6) is 0 Å². The molecule has 0 fully saturated rings. The molecule has 0 saturated heterocycles. The maximum Gasteiger partial charge on any atom is 0.0626 e. The summed E-state index contributed by atoms with van der Waals surface area (Å²) in [6.07, 6.45) is 5.06. The van der Waals surface area contributed by atoms with Crippen molar-refractivity contribution in [3.8, 4) is 12.3 Å². The molecule has 1 unspecified atom stereocenters. The van der Waals surface area contributed by atoms with E-state index in [1.807, 2.05) is 6.92 Å². The minimum absolute atomic E-state index is 0.331. The van der Waals surface area contributed by atoms with E-state index < -0.39 is 0 Å². The first-order valence-corrected chi connectivity index (χ1v) is 3.23. The Balaban J connectivity index is 3.04. The van der Waals surface area contributed by atoms with Gasteiger partial charge in [0.2, 0.25) is 0 Å². The molecular weight excluding hydrogens is 104 g/mol. The molecule has 39 valence electrons. The van der Waals surface area contributed by atoms with Gasteiger partial charge in [-0.25, -0.2) is 0 Å². The first-order chi connectivity index (χ1) is 3.31. The first-order valence-electron chi connectivity index (χ1n) is 2.18. The van der Waals surface area contributed by atoms with E-state index >= 15 is 0 Å². The van der Waals surface area contributed by atoms with Crippen molar-refractivity contribution < 1.29 is 0 Å². The van der Waals surface area contributed by atoms with Crippen LogP contribution in [0.1, 0.15) is 6.92 Å². The van der Waals surface area contributed by atoms with Crippen molar-refractivity contribution in [2.24, 2.45) is 0 Å². The van der Waals surface area contributed by atoms with Crippen LogP contribution in [0.4, 0.5) is 0 Å². The number of rotatable bonds is 2. The summed E-state index contributed by atoms with van der Waals surface area (Å²) in [7, 11) is 0. The zero-order valence-electron chi connectivity index (χ0n) is 4.48. The van der Waals surface area contributed by atoms with Crippen LogP contribution in [-0.2, 0) is 0 Å². The number of hydrogen-bond donors (Lipinski definition) is 0. The monoisotopic (exact) mass is 113 g/mol. The fourth-order valence-electron chi connectivity index (χ4n) is 0.225. The standard InChI is InChI=1S/C6H9S/c1-4-6(3)7-5-2/h1,6H,2,5H2,3H3. The molecule has 0 nitrogen and oxygen atoms in total. The molecule has 1 heteroatoms. The summed E-state index contributed by atoms with van der Waals surface area (Å²) in [4.78, 5) is 0. The van der Waals surface area contributed by atoms with E-state index in [1.54, 1.807) is 11.8 Å². The lowest BCUT2D eigenvalue weighted by Gasteiger charge is -1.95. The summed E-state index contributed by atoms with van der Waals surface area (Å²) in [5.74, 6) is 3.46. The van der Waals surface area contributed by atoms with Crippen LogP contribution in [0.15, 0.2) is 0 Å². The van der Waals surface area contributed by atoms with Crippen LogP contribution in [0.25, 0.3) is 0 Å². The van der Waals surface area contributed by atoms with Crippen molar-refractivity contribution in [1.82, 2.24) is 0 Å². The fraction of sp³-hybridized carbons (Fsp3) is 0.500. The third kappa shape index (κ3) is 3.75. The van der Waals surface area contributed by atoms with E-state index in [2.05, 4.69) is 12.8 Å².